The van der Waals surface area contributed by atoms with Gasteiger partial charge in [0.15, 0.2) is 0 Å². The van der Waals surface area contributed by atoms with Crippen molar-refractivity contribution in [1.82, 2.24) is 0 Å². The Morgan fingerprint density at radius 2 is 1.56 bits per heavy atom. The van der Waals surface area contributed by atoms with Crippen LogP contribution in [-0.2, 0) is 22.4 Å². The summed E-state index contributed by atoms with van der Waals surface area (Å²) in [5.74, 6) is -0.0451. The highest BCUT2D eigenvalue weighted by Crippen LogP contribution is 2.38. The molecule has 0 fully saturated rings. The highest BCUT2D eigenvalue weighted by molar-refractivity contribution is 8.00. The fourth-order valence-electron chi connectivity index (χ4n) is 4.57. The van der Waals surface area contributed by atoms with Crippen molar-refractivity contribution in [3.8, 4) is 11.5 Å². The normalized spacial score (nSPS) is 12.9. The van der Waals surface area contributed by atoms with E-state index in [9.17, 15) is 14.4 Å². The highest BCUT2D eigenvalue weighted by atomic mass is 32.2. The first-order valence-electron chi connectivity index (χ1n) is 12.7. The van der Waals surface area contributed by atoms with Crippen molar-refractivity contribution in [3.05, 3.63) is 64.0 Å². The van der Waals surface area contributed by atoms with Crippen LogP contribution < -0.4 is 20.1 Å². The molecule has 0 bridgehead atoms. The quantitative estimate of drug-likeness (QED) is 0.234. The molecular formula is C29H32N2O6S2. The van der Waals surface area contributed by atoms with Gasteiger partial charge in [-0.2, -0.15) is 0 Å². The second-order valence-electron chi connectivity index (χ2n) is 8.97. The second kappa shape index (κ2) is 13.5. The average molecular weight is 569 g/mol. The van der Waals surface area contributed by atoms with E-state index in [-0.39, 0.29) is 17.6 Å². The summed E-state index contributed by atoms with van der Waals surface area (Å²) < 4.78 is 15.7. The molecule has 0 atom stereocenters. The van der Waals surface area contributed by atoms with Crippen LogP contribution in [0.3, 0.4) is 0 Å². The molecule has 4 rings (SSSR count). The molecule has 8 nitrogen and oxygen atoms in total. The minimum absolute atomic E-state index is 0.140. The maximum absolute atomic E-state index is 13.0. The van der Waals surface area contributed by atoms with Crippen LogP contribution in [0.1, 0.15) is 56.8 Å². The lowest BCUT2D eigenvalue weighted by atomic mass is 9.96. The Balaban J connectivity index is 1.43. The zero-order chi connectivity index (χ0) is 27.8. The van der Waals surface area contributed by atoms with Crippen LogP contribution in [0.4, 0.5) is 10.7 Å². The number of thiophene rings is 1. The molecule has 206 valence electrons. The number of amides is 2. The number of anilines is 2. The van der Waals surface area contributed by atoms with Gasteiger partial charge in [0.05, 0.1) is 32.6 Å². The maximum atomic E-state index is 13.0. The topological polar surface area (TPSA) is 103 Å². The monoisotopic (exact) mass is 568 g/mol. The molecule has 2 N–H and O–H groups in total. The number of hydrogen-bond donors (Lipinski definition) is 2. The molecule has 1 aliphatic carbocycles. The van der Waals surface area contributed by atoms with E-state index < -0.39 is 5.97 Å². The van der Waals surface area contributed by atoms with Gasteiger partial charge in [0.25, 0.3) is 5.91 Å². The number of esters is 1. The minimum atomic E-state index is -0.411. The number of thioether (sulfide) groups is 1. The largest absolute Gasteiger partial charge is 0.496 e. The molecule has 0 aliphatic heterocycles. The number of carbonyl (C=O) groups is 3. The number of nitrogens with one attached hydrogen (secondary N) is 2. The van der Waals surface area contributed by atoms with Gasteiger partial charge in [0.2, 0.25) is 5.91 Å². The Bertz CT molecular complexity index is 1330. The third-order valence-electron chi connectivity index (χ3n) is 6.43. The van der Waals surface area contributed by atoms with Crippen LogP contribution in [0.5, 0.6) is 11.5 Å². The number of rotatable bonds is 9. The van der Waals surface area contributed by atoms with E-state index in [2.05, 4.69) is 10.6 Å². The van der Waals surface area contributed by atoms with Crippen molar-refractivity contribution in [2.24, 2.45) is 0 Å². The zero-order valence-electron chi connectivity index (χ0n) is 22.3. The number of methoxy groups -OCH3 is 3. The van der Waals surface area contributed by atoms with Gasteiger partial charge in [-0.05, 0) is 61.6 Å². The van der Waals surface area contributed by atoms with Gasteiger partial charge in [-0.3, -0.25) is 9.59 Å². The van der Waals surface area contributed by atoms with Gasteiger partial charge in [-0.25, -0.2) is 4.79 Å². The number of fused-ring (bicyclic) bond motifs is 1. The van der Waals surface area contributed by atoms with Crippen LogP contribution in [0.25, 0.3) is 0 Å². The van der Waals surface area contributed by atoms with Crippen molar-refractivity contribution in [2.75, 3.05) is 37.7 Å². The summed E-state index contributed by atoms with van der Waals surface area (Å²) in [5.41, 5.74) is 2.38. The van der Waals surface area contributed by atoms with E-state index in [1.807, 2.05) is 12.1 Å². The lowest BCUT2D eigenvalue weighted by Gasteiger charge is -2.13. The standard InChI is InChI=1S/C29H32N2O6S2/c1-35-21-13-9-14-22(36-2)26(21)27(33)30-18-10-8-11-19(16-18)38-17-24(32)31-28-25(29(34)37-3)20-12-6-4-5-7-15-23(20)39-28/h8-11,13-14,16H,4-7,12,15,17H2,1-3H3,(H,30,33)(H,31,32). The fraction of sp³-hybridized carbons (Fsp3) is 0.345. The van der Waals surface area contributed by atoms with E-state index in [1.54, 1.807) is 30.3 Å². The summed E-state index contributed by atoms with van der Waals surface area (Å²) in [7, 11) is 4.36. The fourth-order valence-corrected chi connectivity index (χ4v) is 6.62. The molecule has 0 unspecified atom stereocenters. The lowest BCUT2D eigenvalue weighted by molar-refractivity contribution is -0.113. The molecule has 0 saturated heterocycles. The molecule has 0 radical (unpaired) electrons. The van der Waals surface area contributed by atoms with Gasteiger partial charge >= 0.3 is 5.97 Å². The lowest BCUT2D eigenvalue weighted by Crippen LogP contribution is -2.16. The van der Waals surface area contributed by atoms with E-state index in [1.165, 1.54) is 50.8 Å². The van der Waals surface area contributed by atoms with Gasteiger partial charge in [-0.15, -0.1) is 23.1 Å². The Morgan fingerprint density at radius 3 is 2.26 bits per heavy atom. The molecular weight excluding hydrogens is 536 g/mol. The summed E-state index contributed by atoms with van der Waals surface area (Å²) in [6.07, 6.45) is 6.14. The number of benzene rings is 2. The summed E-state index contributed by atoms with van der Waals surface area (Å²) in [4.78, 5) is 40.5. The van der Waals surface area contributed by atoms with Gasteiger partial charge in [0.1, 0.15) is 22.1 Å². The number of aryl methyl sites for hydroxylation is 1. The van der Waals surface area contributed by atoms with Crippen LogP contribution in [0.15, 0.2) is 47.4 Å². The van der Waals surface area contributed by atoms with Crippen molar-refractivity contribution in [2.45, 2.75) is 43.4 Å². The molecule has 0 saturated carbocycles. The van der Waals surface area contributed by atoms with Gasteiger partial charge < -0.3 is 24.8 Å². The first-order chi connectivity index (χ1) is 18.9. The van der Waals surface area contributed by atoms with Crippen molar-refractivity contribution in [1.29, 1.82) is 0 Å². The first-order valence-corrected chi connectivity index (χ1v) is 14.5. The number of ether oxygens (including phenoxy) is 3. The number of hydrogen-bond acceptors (Lipinski definition) is 8. The predicted octanol–water partition coefficient (Wildman–Crippen LogP) is 6.19. The van der Waals surface area contributed by atoms with E-state index >= 15 is 0 Å². The summed E-state index contributed by atoms with van der Waals surface area (Å²) in [6, 6.07) is 12.4. The summed E-state index contributed by atoms with van der Waals surface area (Å²) >= 11 is 2.82. The predicted molar refractivity (Wildman–Crippen MR) is 155 cm³/mol. The van der Waals surface area contributed by atoms with Crippen molar-refractivity contribution < 1.29 is 28.6 Å². The van der Waals surface area contributed by atoms with Crippen LogP contribution in [0.2, 0.25) is 0 Å². The molecule has 1 heterocycles. The smallest absolute Gasteiger partial charge is 0.341 e. The van der Waals surface area contributed by atoms with Gasteiger partial charge in [0, 0.05) is 15.5 Å². The van der Waals surface area contributed by atoms with Crippen LogP contribution in [-0.4, -0.2) is 44.9 Å². The summed E-state index contributed by atoms with van der Waals surface area (Å²) in [5, 5.41) is 6.39. The zero-order valence-corrected chi connectivity index (χ0v) is 23.9. The first kappa shape index (κ1) is 28.5. The van der Waals surface area contributed by atoms with E-state index in [0.717, 1.165) is 47.4 Å². The molecule has 1 aliphatic rings. The maximum Gasteiger partial charge on any atom is 0.341 e. The SMILES string of the molecule is COC(=O)c1c(NC(=O)CSc2cccc(NC(=O)c3c(OC)cccc3OC)c2)sc2c1CCCCCC2. The Morgan fingerprint density at radius 1 is 0.872 bits per heavy atom. The van der Waals surface area contributed by atoms with E-state index in [4.69, 9.17) is 14.2 Å². The van der Waals surface area contributed by atoms with Crippen molar-refractivity contribution in [3.63, 3.8) is 0 Å². The second-order valence-corrected chi connectivity index (χ2v) is 11.1. The van der Waals surface area contributed by atoms with Gasteiger partial charge in [-0.1, -0.05) is 25.0 Å². The molecule has 3 aromatic rings. The minimum Gasteiger partial charge on any atom is -0.496 e. The molecule has 39 heavy (non-hydrogen) atoms. The van der Waals surface area contributed by atoms with Crippen LogP contribution >= 0.6 is 23.1 Å². The molecule has 2 aromatic carbocycles. The number of carbonyl (C=O) groups excluding carboxylic acids is 3. The van der Waals surface area contributed by atoms with Crippen LogP contribution in [0, 0.1) is 0 Å². The molecule has 0 spiro atoms. The average Bonchev–Trinajstić information content (AvgIpc) is 3.26. The third-order valence-corrected chi connectivity index (χ3v) is 8.63. The Labute approximate surface area is 236 Å². The summed E-state index contributed by atoms with van der Waals surface area (Å²) in [6.45, 7) is 0. The molecule has 2 amide bonds. The Kier molecular flexibility index (Phi) is 9.89. The van der Waals surface area contributed by atoms with E-state index in [0.29, 0.717) is 33.3 Å². The molecule has 10 heteroatoms. The molecule has 1 aromatic heterocycles. The highest BCUT2D eigenvalue weighted by Gasteiger charge is 2.26. The Hall–Kier alpha value is -3.50. The third kappa shape index (κ3) is 6.93. The van der Waals surface area contributed by atoms with Crippen molar-refractivity contribution >= 4 is 51.6 Å².